The summed E-state index contributed by atoms with van der Waals surface area (Å²) in [5.41, 5.74) is 0.218. The summed E-state index contributed by atoms with van der Waals surface area (Å²) in [6.07, 6.45) is 3.42. The lowest BCUT2D eigenvalue weighted by Crippen LogP contribution is -2.52. The number of halogens is 3. The number of anilines is 1. The molecule has 5 nitrogen and oxygen atoms in total. The SMILES string of the molecule is CC(=O)N(Oc1ccc(C(F)(F)F)cc1)c1nc2c(s1)C1CC[C@@H]3[C@H](CC[C@]4(C)C(=O)CC[C@@H]34)[C@@]1(C)CC2. The number of aromatic nitrogens is 1. The summed E-state index contributed by atoms with van der Waals surface area (Å²) in [6.45, 7) is 6.00. The molecule has 0 bridgehead atoms. The van der Waals surface area contributed by atoms with Gasteiger partial charge in [-0.15, -0.1) is 5.06 Å². The number of hydrogen-bond acceptors (Lipinski definition) is 5. The van der Waals surface area contributed by atoms with Crippen molar-refractivity contribution < 1.29 is 27.6 Å². The maximum Gasteiger partial charge on any atom is 0.416 e. The third kappa shape index (κ3) is 3.90. The van der Waals surface area contributed by atoms with Gasteiger partial charge >= 0.3 is 6.18 Å². The van der Waals surface area contributed by atoms with Gasteiger partial charge in [0.25, 0.3) is 5.91 Å². The third-order valence-corrected chi connectivity index (χ3v) is 11.5. The Balaban J connectivity index is 1.26. The summed E-state index contributed by atoms with van der Waals surface area (Å²) in [5, 5.41) is 1.52. The summed E-state index contributed by atoms with van der Waals surface area (Å²) < 4.78 is 38.8. The molecular formula is C29H33F3N2O3S. The van der Waals surface area contributed by atoms with Gasteiger partial charge in [-0.2, -0.15) is 13.2 Å². The molecule has 9 heteroatoms. The Hall–Kier alpha value is -2.42. The van der Waals surface area contributed by atoms with Crippen molar-refractivity contribution in [3.8, 4) is 5.75 Å². The fourth-order valence-corrected chi connectivity index (χ4v) is 9.74. The second-order valence-electron chi connectivity index (χ2n) is 12.2. The largest absolute Gasteiger partial charge is 0.416 e. The number of thiazole rings is 1. The van der Waals surface area contributed by atoms with Gasteiger partial charge in [-0.1, -0.05) is 25.2 Å². The normalized spacial score (nSPS) is 34.1. The lowest BCUT2D eigenvalue weighted by atomic mass is 9.46. The van der Waals surface area contributed by atoms with Crippen LogP contribution in [0.3, 0.4) is 0 Å². The monoisotopic (exact) mass is 546 g/mol. The van der Waals surface area contributed by atoms with Crippen molar-refractivity contribution in [1.82, 2.24) is 4.98 Å². The molecule has 6 atom stereocenters. The van der Waals surface area contributed by atoms with E-state index in [-0.39, 0.29) is 22.5 Å². The van der Waals surface area contributed by atoms with Crippen molar-refractivity contribution >= 4 is 28.2 Å². The van der Waals surface area contributed by atoms with Gasteiger partial charge in [0.15, 0.2) is 5.75 Å². The second-order valence-corrected chi connectivity index (χ2v) is 13.2. The minimum atomic E-state index is -4.44. The number of carbonyl (C=O) groups is 2. The Morgan fingerprint density at radius 3 is 2.47 bits per heavy atom. The number of aryl methyl sites for hydroxylation is 1. The highest BCUT2D eigenvalue weighted by Gasteiger charge is 2.60. The van der Waals surface area contributed by atoms with Gasteiger partial charge in [0.2, 0.25) is 5.13 Å². The van der Waals surface area contributed by atoms with E-state index in [2.05, 4.69) is 13.8 Å². The van der Waals surface area contributed by atoms with Crippen LogP contribution in [0.1, 0.15) is 87.8 Å². The number of hydrogen-bond donors (Lipinski definition) is 0. The van der Waals surface area contributed by atoms with E-state index in [0.717, 1.165) is 74.3 Å². The standard InChI is InChI=1S/C29H33F3N2O3S/c1-16(35)34(37-18-6-4-17(5-7-18)29(30,31)32)26-33-23-13-15-27(2)21-12-14-28(3)20(10-11-24(28)36)19(21)8-9-22(27)25(23)38-26/h4-7,19-22H,8-15H2,1-3H3/t19-,20-,21-,22?,27+,28-/m0/s1. The minimum absolute atomic E-state index is 0.127. The highest BCUT2D eigenvalue weighted by molar-refractivity contribution is 7.16. The summed E-state index contributed by atoms with van der Waals surface area (Å²) >= 11 is 1.48. The highest BCUT2D eigenvalue weighted by Crippen LogP contribution is 2.67. The molecule has 0 spiro atoms. The molecule has 3 fully saturated rings. The number of Topliss-reactive ketones (excluding diaryl/α,β-unsaturated/α-hetero) is 1. The van der Waals surface area contributed by atoms with Gasteiger partial charge in [-0.25, -0.2) is 4.98 Å². The van der Waals surface area contributed by atoms with Crippen LogP contribution in [0.4, 0.5) is 18.3 Å². The van der Waals surface area contributed by atoms with Crippen molar-refractivity contribution in [2.24, 2.45) is 28.6 Å². The van der Waals surface area contributed by atoms with Crippen molar-refractivity contribution in [3.05, 3.63) is 40.4 Å². The highest BCUT2D eigenvalue weighted by atomic mass is 32.1. The van der Waals surface area contributed by atoms with Crippen molar-refractivity contribution in [2.75, 3.05) is 5.06 Å². The average molecular weight is 547 g/mol. The number of alkyl halides is 3. The second kappa shape index (κ2) is 8.80. The van der Waals surface area contributed by atoms with E-state index in [1.54, 1.807) is 0 Å². The molecule has 4 aliphatic carbocycles. The Labute approximate surface area is 224 Å². The van der Waals surface area contributed by atoms with Crippen LogP contribution in [-0.4, -0.2) is 16.7 Å². The fraction of sp³-hybridized carbons (Fsp3) is 0.621. The minimum Gasteiger partial charge on any atom is -0.370 e. The first kappa shape index (κ1) is 25.8. The number of fused-ring (bicyclic) bond motifs is 7. The van der Waals surface area contributed by atoms with E-state index in [4.69, 9.17) is 9.82 Å². The molecule has 0 aliphatic heterocycles. The Morgan fingerprint density at radius 1 is 1.05 bits per heavy atom. The number of hydroxylamine groups is 1. The van der Waals surface area contributed by atoms with Crippen LogP contribution in [-0.2, 0) is 22.2 Å². The maximum atomic E-state index is 12.9. The van der Waals surface area contributed by atoms with Crippen LogP contribution in [0.25, 0.3) is 0 Å². The zero-order valence-corrected chi connectivity index (χ0v) is 22.8. The van der Waals surface area contributed by atoms with Gasteiger partial charge < -0.3 is 4.84 Å². The van der Waals surface area contributed by atoms with E-state index in [1.807, 2.05) is 0 Å². The molecule has 0 N–H and O–H groups in total. The first-order valence-corrected chi connectivity index (χ1v) is 14.4. The number of ketones is 1. The molecular weight excluding hydrogens is 513 g/mol. The molecule has 2 aromatic rings. The van der Waals surface area contributed by atoms with E-state index >= 15 is 0 Å². The molecule has 6 rings (SSSR count). The molecule has 1 amide bonds. The predicted octanol–water partition coefficient (Wildman–Crippen LogP) is 7.35. The van der Waals surface area contributed by atoms with Crippen molar-refractivity contribution in [2.45, 2.75) is 84.2 Å². The molecule has 1 unspecified atom stereocenters. The molecule has 1 aromatic carbocycles. The zero-order chi connectivity index (χ0) is 27.0. The molecule has 3 saturated carbocycles. The Bertz CT molecular complexity index is 1270. The van der Waals surface area contributed by atoms with Crippen LogP contribution in [0, 0.1) is 28.6 Å². The van der Waals surface area contributed by atoms with E-state index in [0.29, 0.717) is 34.6 Å². The summed E-state index contributed by atoms with van der Waals surface area (Å²) in [7, 11) is 0. The van der Waals surface area contributed by atoms with Crippen LogP contribution < -0.4 is 9.90 Å². The van der Waals surface area contributed by atoms with Gasteiger partial charge in [0, 0.05) is 29.6 Å². The summed E-state index contributed by atoms with van der Waals surface area (Å²) in [5.74, 6) is 2.23. The molecule has 0 radical (unpaired) electrons. The smallest absolute Gasteiger partial charge is 0.370 e. The number of carbonyl (C=O) groups excluding carboxylic acids is 2. The van der Waals surface area contributed by atoms with Gasteiger partial charge in [0.05, 0.1) is 11.3 Å². The molecule has 1 heterocycles. The summed E-state index contributed by atoms with van der Waals surface area (Å²) in [4.78, 5) is 37.1. The van der Waals surface area contributed by atoms with E-state index in [1.165, 1.54) is 35.3 Å². The van der Waals surface area contributed by atoms with Crippen molar-refractivity contribution in [3.63, 3.8) is 0 Å². The van der Waals surface area contributed by atoms with E-state index in [9.17, 15) is 22.8 Å². The number of rotatable bonds is 3. The lowest BCUT2D eigenvalue weighted by Gasteiger charge is -2.59. The topological polar surface area (TPSA) is 59.5 Å². The van der Waals surface area contributed by atoms with Gasteiger partial charge in [-0.3, -0.25) is 9.59 Å². The van der Waals surface area contributed by atoms with Crippen LogP contribution in [0.5, 0.6) is 5.75 Å². The van der Waals surface area contributed by atoms with Crippen LogP contribution in [0.2, 0.25) is 0 Å². The van der Waals surface area contributed by atoms with Gasteiger partial charge in [-0.05, 0) is 92.4 Å². The number of nitrogens with zero attached hydrogens (tertiary/aromatic N) is 2. The Morgan fingerprint density at radius 2 is 1.79 bits per heavy atom. The quantitative estimate of drug-likeness (QED) is 0.378. The molecule has 4 aliphatic rings. The summed E-state index contributed by atoms with van der Waals surface area (Å²) in [6, 6.07) is 4.32. The first-order chi connectivity index (χ1) is 17.9. The number of benzene rings is 1. The van der Waals surface area contributed by atoms with E-state index < -0.39 is 11.7 Å². The van der Waals surface area contributed by atoms with Crippen LogP contribution >= 0.6 is 11.3 Å². The fourth-order valence-electron chi connectivity index (χ4n) is 8.34. The molecule has 204 valence electrons. The third-order valence-electron chi connectivity index (χ3n) is 10.3. The Kier molecular flexibility index (Phi) is 5.98. The predicted molar refractivity (Wildman–Crippen MR) is 138 cm³/mol. The van der Waals surface area contributed by atoms with Crippen molar-refractivity contribution in [1.29, 1.82) is 0 Å². The lowest BCUT2D eigenvalue weighted by molar-refractivity contribution is -0.137. The molecule has 1 aromatic heterocycles. The zero-order valence-electron chi connectivity index (χ0n) is 21.9. The number of amides is 1. The maximum absolute atomic E-state index is 12.9. The molecule has 38 heavy (non-hydrogen) atoms. The molecule has 0 saturated heterocycles. The first-order valence-electron chi connectivity index (χ1n) is 13.6. The van der Waals surface area contributed by atoms with Gasteiger partial charge in [0.1, 0.15) is 5.78 Å². The average Bonchev–Trinajstić information content (AvgIpc) is 3.42. The van der Waals surface area contributed by atoms with Crippen LogP contribution in [0.15, 0.2) is 24.3 Å².